The van der Waals surface area contributed by atoms with Gasteiger partial charge in [-0.15, -0.1) is 5.10 Å². The smallest absolute Gasteiger partial charge is 0.289 e. The van der Waals surface area contributed by atoms with Gasteiger partial charge in [0.15, 0.2) is 0 Å². The summed E-state index contributed by atoms with van der Waals surface area (Å²) in [6, 6.07) is 9.75. The molecule has 0 saturated heterocycles. The molecule has 0 fully saturated rings. The van der Waals surface area contributed by atoms with Crippen LogP contribution in [0.4, 0.5) is 24.8 Å². The van der Waals surface area contributed by atoms with Gasteiger partial charge in [0.05, 0.1) is 17.0 Å². The van der Waals surface area contributed by atoms with Crippen LogP contribution in [-0.2, 0) is 12.7 Å². The Hall–Kier alpha value is -3.76. The molecule has 0 aliphatic heterocycles. The summed E-state index contributed by atoms with van der Waals surface area (Å²) in [6.07, 6.45) is -3.17. The fourth-order valence-electron chi connectivity index (χ4n) is 2.37. The van der Waals surface area contributed by atoms with E-state index in [-0.39, 0.29) is 23.7 Å². The molecule has 1 N–H and O–H groups in total. The largest absolute Gasteiger partial charge is 0.416 e. The van der Waals surface area contributed by atoms with Crippen molar-refractivity contribution in [2.45, 2.75) is 12.7 Å². The van der Waals surface area contributed by atoms with Crippen LogP contribution < -0.4 is 5.32 Å². The lowest BCUT2D eigenvalue weighted by Gasteiger charge is -2.08. The van der Waals surface area contributed by atoms with Crippen molar-refractivity contribution in [1.82, 2.24) is 14.8 Å². The summed E-state index contributed by atoms with van der Waals surface area (Å²) in [5.74, 6) is -0.623. The van der Waals surface area contributed by atoms with Gasteiger partial charge >= 0.3 is 6.18 Å². The molecular formula is C17H12F3N5O3. The zero-order chi connectivity index (χ0) is 20.3. The minimum absolute atomic E-state index is 0.0321. The number of hydrogen-bond acceptors (Lipinski definition) is 5. The summed E-state index contributed by atoms with van der Waals surface area (Å²) >= 11 is 0. The fraction of sp³-hybridized carbons (Fsp3) is 0.118. The molecule has 0 atom stereocenters. The first kappa shape index (κ1) is 19.0. The second-order valence-corrected chi connectivity index (χ2v) is 5.72. The molecule has 1 aromatic heterocycles. The van der Waals surface area contributed by atoms with Gasteiger partial charge in [0.1, 0.15) is 6.33 Å². The van der Waals surface area contributed by atoms with Gasteiger partial charge in [0, 0.05) is 17.7 Å². The second kappa shape index (κ2) is 7.47. The van der Waals surface area contributed by atoms with E-state index in [9.17, 15) is 28.1 Å². The molecule has 0 radical (unpaired) electrons. The molecular weight excluding hydrogens is 379 g/mol. The number of rotatable bonds is 5. The SMILES string of the molecule is O=C(Nc1ncn(Cc2cccc(C(F)(F)F)c2)n1)c1ccc([N+](=O)[O-])cc1. The predicted molar refractivity (Wildman–Crippen MR) is 91.6 cm³/mol. The summed E-state index contributed by atoms with van der Waals surface area (Å²) in [7, 11) is 0. The summed E-state index contributed by atoms with van der Waals surface area (Å²) in [6.45, 7) is 0.0321. The van der Waals surface area contributed by atoms with Crippen LogP contribution in [0.2, 0.25) is 0 Å². The van der Waals surface area contributed by atoms with E-state index in [0.717, 1.165) is 12.1 Å². The molecule has 0 unspecified atom stereocenters. The third-order valence-corrected chi connectivity index (χ3v) is 3.70. The van der Waals surface area contributed by atoms with E-state index in [2.05, 4.69) is 15.4 Å². The molecule has 2 aromatic carbocycles. The average Bonchev–Trinajstić information content (AvgIpc) is 3.08. The fourth-order valence-corrected chi connectivity index (χ4v) is 2.37. The predicted octanol–water partition coefficient (Wildman–Crippen LogP) is 3.51. The van der Waals surface area contributed by atoms with Gasteiger partial charge in [-0.25, -0.2) is 9.67 Å². The average molecular weight is 391 g/mol. The Morgan fingerprint density at radius 1 is 1.18 bits per heavy atom. The number of carbonyl (C=O) groups excluding carboxylic acids is 1. The van der Waals surface area contributed by atoms with Crippen molar-refractivity contribution in [2.75, 3.05) is 5.32 Å². The molecule has 0 spiro atoms. The molecule has 1 amide bonds. The van der Waals surface area contributed by atoms with E-state index in [1.54, 1.807) is 0 Å². The van der Waals surface area contributed by atoms with Crippen LogP contribution >= 0.6 is 0 Å². The van der Waals surface area contributed by atoms with Crippen LogP contribution in [-0.4, -0.2) is 25.6 Å². The van der Waals surface area contributed by atoms with Crippen LogP contribution in [0.15, 0.2) is 54.9 Å². The number of carbonyl (C=O) groups is 1. The monoisotopic (exact) mass is 391 g/mol. The molecule has 8 nitrogen and oxygen atoms in total. The Morgan fingerprint density at radius 2 is 1.89 bits per heavy atom. The minimum atomic E-state index is -4.44. The van der Waals surface area contributed by atoms with Crippen molar-refractivity contribution in [3.8, 4) is 0 Å². The standard InChI is InChI=1S/C17H12F3N5O3/c18-17(19,20)13-3-1-2-11(8-13)9-24-10-21-16(23-24)22-15(26)12-4-6-14(7-5-12)25(27)28/h1-8,10H,9H2,(H,22,23,26). The van der Waals surface area contributed by atoms with Gasteiger partial charge in [-0.2, -0.15) is 13.2 Å². The number of nitrogens with zero attached hydrogens (tertiary/aromatic N) is 4. The van der Waals surface area contributed by atoms with E-state index < -0.39 is 22.6 Å². The van der Waals surface area contributed by atoms with E-state index in [4.69, 9.17) is 0 Å². The van der Waals surface area contributed by atoms with Crippen molar-refractivity contribution in [3.05, 3.63) is 81.7 Å². The Balaban J connectivity index is 1.67. The number of aromatic nitrogens is 3. The molecule has 0 bridgehead atoms. The summed E-state index contributed by atoms with van der Waals surface area (Å²) in [5.41, 5.74) is -0.385. The summed E-state index contributed by atoms with van der Waals surface area (Å²) in [4.78, 5) is 26.0. The van der Waals surface area contributed by atoms with E-state index in [1.807, 2.05) is 0 Å². The van der Waals surface area contributed by atoms with Gasteiger partial charge < -0.3 is 0 Å². The molecule has 0 aliphatic carbocycles. The van der Waals surface area contributed by atoms with Crippen LogP contribution in [0, 0.1) is 10.1 Å². The van der Waals surface area contributed by atoms with Crippen molar-refractivity contribution in [3.63, 3.8) is 0 Å². The number of benzene rings is 2. The quantitative estimate of drug-likeness (QED) is 0.530. The Morgan fingerprint density at radius 3 is 2.54 bits per heavy atom. The third-order valence-electron chi connectivity index (χ3n) is 3.70. The first-order valence-electron chi connectivity index (χ1n) is 7.84. The lowest BCUT2D eigenvalue weighted by atomic mass is 10.1. The molecule has 0 aliphatic rings. The number of anilines is 1. The maximum absolute atomic E-state index is 12.8. The first-order valence-corrected chi connectivity index (χ1v) is 7.84. The Bertz CT molecular complexity index is 1020. The lowest BCUT2D eigenvalue weighted by molar-refractivity contribution is -0.384. The number of nitro groups is 1. The number of amides is 1. The lowest BCUT2D eigenvalue weighted by Crippen LogP contribution is -2.13. The van der Waals surface area contributed by atoms with Crippen LogP contribution in [0.1, 0.15) is 21.5 Å². The first-order chi connectivity index (χ1) is 13.2. The van der Waals surface area contributed by atoms with Gasteiger partial charge in [0.2, 0.25) is 5.95 Å². The van der Waals surface area contributed by atoms with E-state index >= 15 is 0 Å². The van der Waals surface area contributed by atoms with Crippen molar-refractivity contribution in [1.29, 1.82) is 0 Å². The highest BCUT2D eigenvalue weighted by molar-refractivity contribution is 6.03. The van der Waals surface area contributed by atoms with E-state index in [1.165, 1.54) is 47.4 Å². The minimum Gasteiger partial charge on any atom is -0.289 e. The Labute approximate surface area is 155 Å². The molecule has 1 heterocycles. The maximum atomic E-state index is 12.8. The topological polar surface area (TPSA) is 103 Å². The van der Waals surface area contributed by atoms with Crippen molar-refractivity contribution >= 4 is 17.5 Å². The number of nitro benzene ring substituents is 1. The maximum Gasteiger partial charge on any atom is 0.416 e. The normalized spacial score (nSPS) is 11.2. The highest BCUT2D eigenvalue weighted by Crippen LogP contribution is 2.29. The highest BCUT2D eigenvalue weighted by atomic mass is 19.4. The number of halogens is 3. The number of alkyl halides is 3. The zero-order valence-corrected chi connectivity index (χ0v) is 14.1. The molecule has 3 rings (SSSR count). The highest BCUT2D eigenvalue weighted by Gasteiger charge is 2.30. The number of nitrogens with one attached hydrogen (secondary N) is 1. The van der Waals surface area contributed by atoms with Crippen LogP contribution in [0.5, 0.6) is 0 Å². The Kier molecular flexibility index (Phi) is 5.07. The molecule has 11 heteroatoms. The van der Waals surface area contributed by atoms with Gasteiger partial charge in [-0.3, -0.25) is 20.2 Å². The zero-order valence-electron chi connectivity index (χ0n) is 14.1. The van der Waals surface area contributed by atoms with Crippen LogP contribution in [0.3, 0.4) is 0 Å². The summed E-state index contributed by atoms with van der Waals surface area (Å²) in [5, 5.41) is 17.0. The van der Waals surface area contributed by atoms with Crippen molar-refractivity contribution in [2.24, 2.45) is 0 Å². The van der Waals surface area contributed by atoms with Crippen molar-refractivity contribution < 1.29 is 22.9 Å². The van der Waals surface area contributed by atoms with Gasteiger partial charge in [0.25, 0.3) is 11.6 Å². The van der Waals surface area contributed by atoms with E-state index in [0.29, 0.717) is 5.56 Å². The van der Waals surface area contributed by atoms with Gasteiger partial charge in [-0.05, 0) is 29.8 Å². The molecule has 28 heavy (non-hydrogen) atoms. The second-order valence-electron chi connectivity index (χ2n) is 5.72. The molecule has 3 aromatic rings. The third kappa shape index (κ3) is 4.50. The number of non-ortho nitro benzene ring substituents is 1. The summed E-state index contributed by atoms with van der Waals surface area (Å²) < 4.78 is 39.6. The molecule has 144 valence electrons. The van der Waals surface area contributed by atoms with Gasteiger partial charge in [-0.1, -0.05) is 12.1 Å². The molecule has 0 saturated carbocycles. The number of hydrogen-bond donors (Lipinski definition) is 1. The van der Waals surface area contributed by atoms with Crippen LogP contribution in [0.25, 0.3) is 0 Å².